The standard InChI is InChI=1S/C13H17Cl3N2O2/c1-3-4-11(19)18-12(13(14,15)16)17-9-5-7-10(20-2)8-6-9/h5-8,12,17H,3-4H2,1-2H3,(H,18,19)/t12-/m1/s1. The summed E-state index contributed by atoms with van der Waals surface area (Å²) in [5, 5.41) is 5.63. The number of anilines is 1. The second-order valence-corrected chi connectivity index (χ2v) is 6.53. The minimum Gasteiger partial charge on any atom is -0.497 e. The van der Waals surface area contributed by atoms with Gasteiger partial charge < -0.3 is 15.4 Å². The molecule has 0 aliphatic carbocycles. The Balaban J connectivity index is 2.76. The molecule has 4 nitrogen and oxygen atoms in total. The van der Waals surface area contributed by atoms with Gasteiger partial charge >= 0.3 is 0 Å². The smallest absolute Gasteiger partial charge is 0.228 e. The van der Waals surface area contributed by atoms with Crippen molar-refractivity contribution >= 4 is 46.4 Å². The van der Waals surface area contributed by atoms with Gasteiger partial charge in [0.25, 0.3) is 0 Å². The fourth-order valence-electron chi connectivity index (χ4n) is 1.51. The average Bonchev–Trinajstić information content (AvgIpc) is 2.38. The molecule has 0 bridgehead atoms. The van der Waals surface area contributed by atoms with Crippen LogP contribution in [-0.2, 0) is 4.79 Å². The van der Waals surface area contributed by atoms with E-state index in [0.29, 0.717) is 12.1 Å². The minimum atomic E-state index is -1.66. The number of halogens is 3. The maximum Gasteiger partial charge on any atom is 0.228 e. The topological polar surface area (TPSA) is 50.4 Å². The lowest BCUT2D eigenvalue weighted by Crippen LogP contribution is -2.49. The zero-order chi connectivity index (χ0) is 15.2. The normalized spacial score (nSPS) is 12.7. The van der Waals surface area contributed by atoms with Crippen molar-refractivity contribution in [3.05, 3.63) is 24.3 Å². The van der Waals surface area contributed by atoms with Gasteiger partial charge in [-0.1, -0.05) is 41.7 Å². The molecule has 20 heavy (non-hydrogen) atoms. The summed E-state index contributed by atoms with van der Waals surface area (Å²) < 4.78 is 3.40. The van der Waals surface area contributed by atoms with Crippen molar-refractivity contribution in [2.45, 2.75) is 29.7 Å². The van der Waals surface area contributed by atoms with Crippen LogP contribution >= 0.6 is 34.8 Å². The van der Waals surface area contributed by atoms with Crippen molar-refractivity contribution in [1.82, 2.24) is 5.32 Å². The summed E-state index contributed by atoms with van der Waals surface area (Å²) in [6.07, 6.45) is 0.280. The summed E-state index contributed by atoms with van der Waals surface area (Å²) in [5.74, 6) is 0.542. The van der Waals surface area contributed by atoms with Crippen LogP contribution in [0.2, 0.25) is 0 Å². The van der Waals surface area contributed by atoms with Crippen molar-refractivity contribution in [3.8, 4) is 5.75 Å². The molecule has 0 heterocycles. The van der Waals surface area contributed by atoms with Gasteiger partial charge in [0, 0.05) is 12.1 Å². The fourth-order valence-corrected chi connectivity index (χ4v) is 1.84. The summed E-state index contributed by atoms with van der Waals surface area (Å²) in [6, 6.07) is 7.08. The van der Waals surface area contributed by atoms with E-state index in [-0.39, 0.29) is 5.91 Å². The minimum absolute atomic E-state index is 0.176. The van der Waals surface area contributed by atoms with Crippen LogP contribution in [-0.4, -0.2) is 23.0 Å². The SMILES string of the molecule is CCCC(=O)N[C@@H](Nc1ccc(OC)cc1)C(Cl)(Cl)Cl. The average molecular weight is 340 g/mol. The van der Waals surface area contributed by atoms with E-state index < -0.39 is 9.96 Å². The van der Waals surface area contributed by atoms with Crippen molar-refractivity contribution in [1.29, 1.82) is 0 Å². The molecule has 0 saturated carbocycles. The number of methoxy groups -OCH3 is 1. The van der Waals surface area contributed by atoms with Crippen LogP contribution < -0.4 is 15.4 Å². The highest BCUT2D eigenvalue weighted by molar-refractivity contribution is 6.68. The number of rotatable bonds is 6. The second-order valence-electron chi connectivity index (χ2n) is 4.16. The fraction of sp³-hybridized carbons (Fsp3) is 0.462. The third kappa shape index (κ3) is 5.65. The third-order valence-corrected chi connectivity index (χ3v) is 3.17. The molecule has 0 radical (unpaired) electrons. The Hall–Kier alpha value is -0.840. The first-order valence-electron chi connectivity index (χ1n) is 6.13. The summed E-state index contributed by atoms with van der Waals surface area (Å²) in [4.78, 5) is 11.6. The van der Waals surface area contributed by atoms with E-state index in [1.807, 2.05) is 6.92 Å². The molecule has 0 aromatic heterocycles. The number of amides is 1. The molecule has 1 aromatic rings. The number of nitrogens with one attached hydrogen (secondary N) is 2. The zero-order valence-corrected chi connectivity index (χ0v) is 13.5. The maximum atomic E-state index is 11.6. The molecule has 0 fully saturated rings. The Labute approximate surface area is 133 Å². The number of ether oxygens (including phenoxy) is 1. The Morgan fingerprint density at radius 2 is 1.90 bits per heavy atom. The van der Waals surface area contributed by atoms with Crippen LogP contribution in [0.3, 0.4) is 0 Å². The van der Waals surface area contributed by atoms with Gasteiger partial charge in [-0.25, -0.2) is 0 Å². The van der Waals surface area contributed by atoms with Crippen LogP contribution in [0, 0.1) is 0 Å². The predicted octanol–water partition coefficient (Wildman–Crippen LogP) is 3.72. The molecule has 2 N–H and O–H groups in total. The maximum absolute atomic E-state index is 11.6. The van der Waals surface area contributed by atoms with Gasteiger partial charge in [0.05, 0.1) is 7.11 Å². The monoisotopic (exact) mass is 338 g/mol. The largest absolute Gasteiger partial charge is 0.497 e. The van der Waals surface area contributed by atoms with E-state index in [9.17, 15) is 4.79 Å². The number of hydrogen-bond acceptors (Lipinski definition) is 3. The van der Waals surface area contributed by atoms with E-state index in [1.54, 1.807) is 31.4 Å². The first-order chi connectivity index (χ1) is 9.36. The Morgan fingerprint density at radius 1 is 1.30 bits per heavy atom. The first-order valence-corrected chi connectivity index (χ1v) is 7.27. The predicted molar refractivity (Wildman–Crippen MR) is 83.7 cm³/mol. The van der Waals surface area contributed by atoms with E-state index in [0.717, 1.165) is 12.2 Å². The quantitative estimate of drug-likeness (QED) is 0.613. The molecule has 1 atom stereocenters. The van der Waals surface area contributed by atoms with Crippen LogP contribution in [0.25, 0.3) is 0 Å². The van der Waals surface area contributed by atoms with E-state index in [2.05, 4.69) is 10.6 Å². The molecule has 0 spiro atoms. The summed E-state index contributed by atoms with van der Waals surface area (Å²) in [6.45, 7) is 1.90. The van der Waals surface area contributed by atoms with Crippen LogP contribution in [0.15, 0.2) is 24.3 Å². The number of carbonyl (C=O) groups is 1. The van der Waals surface area contributed by atoms with Gasteiger partial charge in [-0.2, -0.15) is 0 Å². The lowest BCUT2D eigenvalue weighted by atomic mass is 10.3. The van der Waals surface area contributed by atoms with Crippen molar-refractivity contribution in [2.24, 2.45) is 0 Å². The highest BCUT2D eigenvalue weighted by Gasteiger charge is 2.33. The van der Waals surface area contributed by atoms with E-state index in [4.69, 9.17) is 39.5 Å². The van der Waals surface area contributed by atoms with Gasteiger partial charge in [0.1, 0.15) is 11.9 Å². The lowest BCUT2D eigenvalue weighted by Gasteiger charge is -2.27. The van der Waals surface area contributed by atoms with Crippen molar-refractivity contribution < 1.29 is 9.53 Å². The molecule has 0 aliphatic heterocycles. The van der Waals surface area contributed by atoms with Crippen molar-refractivity contribution in [2.75, 3.05) is 12.4 Å². The molecule has 1 amide bonds. The van der Waals surface area contributed by atoms with Gasteiger partial charge in [0.15, 0.2) is 0 Å². The lowest BCUT2D eigenvalue weighted by molar-refractivity contribution is -0.121. The summed E-state index contributed by atoms with van der Waals surface area (Å²) >= 11 is 17.6. The first kappa shape index (κ1) is 17.2. The molecule has 7 heteroatoms. The summed E-state index contributed by atoms with van der Waals surface area (Å²) in [7, 11) is 1.58. The number of benzene rings is 1. The Morgan fingerprint density at radius 3 is 2.35 bits per heavy atom. The molecule has 0 unspecified atom stereocenters. The molecule has 1 rings (SSSR count). The van der Waals surface area contributed by atoms with Gasteiger partial charge in [-0.15, -0.1) is 0 Å². The van der Waals surface area contributed by atoms with Gasteiger partial charge in [-0.05, 0) is 30.7 Å². The highest BCUT2D eigenvalue weighted by Crippen LogP contribution is 2.31. The molecule has 0 saturated heterocycles. The van der Waals surface area contributed by atoms with Crippen LogP contribution in [0.4, 0.5) is 5.69 Å². The molecular weight excluding hydrogens is 323 g/mol. The third-order valence-electron chi connectivity index (χ3n) is 2.51. The molecule has 1 aromatic carbocycles. The molecule has 112 valence electrons. The highest BCUT2D eigenvalue weighted by atomic mass is 35.6. The molecular formula is C13H17Cl3N2O2. The zero-order valence-electron chi connectivity index (χ0n) is 11.3. The number of alkyl halides is 3. The molecule has 0 aliphatic rings. The number of carbonyl (C=O) groups excluding carboxylic acids is 1. The van der Waals surface area contributed by atoms with Gasteiger partial charge in [0.2, 0.25) is 9.70 Å². The van der Waals surface area contributed by atoms with Gasteiger partial charge in [-0.3, -0.25) is 4.79 Å². The van der Waals surface area contributed by atoms with E-state index in [1.165, 1.54) is 0 Å². The van der Waals surface area contributed by atoms with Crippen LogP contribution in [0.1, 0.15) is 19.8 Å². The summed E-state index contributed by atoms with van der Waals surface area (Å²) in [5.41, 5.74) is 0.707. The van der Waals surface area contributed by atoms with Crippen molar-refractivity contribution in [3.63, 3.8) is 0 Å². The number of hydrogen-bond donors (Lipinski definition) is 2. The Bertz CT molecular complexity index is 432. The Kier molecular flexibility index (Phi) is 6.72. The van der Waals surface area contributed by atoms with E-state index >= 15 is 0 Å². The second kappa shape index (κ2) is 7.81. The van der Waals surface area contributed by atoms with Crippen LogP contribution in [0.5, 0.6) is 5.75 Å².